The Morgan fingerprint density at radius 3 is 2.64 bits per heavy atom. The largest absolute Gasteiger partial charge is 0.504 e. The number of rotatable bonds is 4. The van der Waals surface area contributed by atoms with Crippen molar-refractivity contribution in [2.24, 2.45) is 0 Å². The summed E-state index contributed by atoms with van der Waals surface area (Å²) < 4.78 is 5.39. The molecule has 0 saturated heterocycles. The normalized spacial score (nSPS) is 19.4. The van der Waals surface area contributed by atoms with E-state index in [-0.39, 0.29) is 17.4 Å². The van der Waals surface area contributed by atoms with E-state index in [4.69, 9.17) is 4.74 Å². The number of nitrogens with zero attached hydrogens (tertiary/aromatic N) is 1. The van der Waals surface area contributed by atoms with Gasteiger partial charge in [0.2, 0.25) is 0 Å². The summed E-state index contributed by atoms with van der Waals surface area (Å²) in [6.07, 6.45) is 0. The van der Waals surface area contributed by atoms with Crippen LogP contribution >= 0.6 is 0 Å². The van der Waals surface area contributed by atoms with Crippen molar-refractivity contribution < 1.29 is 24.5 Å². The number of hydrogen-bond donors (Lipinski definition) is 2. The Morgan fingerprint density at radius 1 is 1.24 bits per heavy atom. The van der Waals surface area contributed by atoms with E-state index in [0.717, 1.165) is 0 Å². The van der Waals surface area contributed by atoms with Gasteiger partial charge in [-0.05, 0) is 36.2 Å². The molecule has 0 saturated carbocycles. The Hall–Kier alpha value is -3.02. The standard InChI is InChI=1S/C19H19NO5/c1-3-25-15-10-11(8-9-14(15)21)17-16(19(23)24)12-6-4-5-7-13(12)18(22)20(17)2/h4-10,16-17,21H,3H2,1-2H3,(H,23,24)/t16-,17-/m1/s1. The van der Waals surface area contributed by atoms with Crippen LogP contribution in [0.4, 0.5) is 0 Å². The van der Waals surface area contributed by atoms with Crippen LogP contribution in [-0.4, -0.2) is 40.6 Å². The van der Waals surface area contributed by atoms with Gasteiger partial charge in [-0.25, -0.2) is 0 Å². The van der Waals surface area contributed by atoms with E-state index in [0.29, 0.717) is 23.3 Å². The van der Waals surface area contributed by atoms with Gasteiger partial charge in [0.25, 0.3) is 5.91 Å². The zero-order valence-corrected chi connectivity index (χ0v) is 14.0. The maximum atomic E-state index is 12.7. The highest BCUT2D eigenvalue weighted by Gasteiger charge is 2.42. The lowest BCUT2D eigenvalue weighted by Gasteiger charge is -2.38. The number of aliphatic carboxylic acids is 1. The Bertz CT molecular complexity index is 832. The van der Waals surface area contributed by atoms with Crippen molar-refractivity contribution >= 4 is 11.9 Å². The second-order valence-corrected chi connectivity index (χ2v) is 5.92. The number of amides is 1. The quantitative estimate of drug-likeness (QED) is 0.893. The molecule has 25 heavy (non-hydrogen) atoms. The minimum atomic E-state index is -1.01. The molecule has 1 heterocycles. The molecule has 1 amide bonds. The van der Waals surface area contributed by atoms with Gasteiger partial charge in [-0.3, -0.25) is 9.59 Å². The lowest BCUT2D eigenvalue weighted by molar-refractivity contribution is -0.140. The second-order valence-electron chi connectivity index (χ2n) is 5.92. The molecule has 0 aromatic heterocycles. The number of ether oxygens (including phenoxy) is 1. The van der Waals surface area contributed by atoms with Crippen molar-refractivity contribution in [3.63, 3.8) is 0 Å². The number of likely N-dealkylation sites (N-methyl/N-ethyl adjacent to an activating group) is 1. The molecule has 0 unspecified atom stereocenters. The second kappa shape index (κ2) is 6.47. The number of aromatic hydroxyl groups is 1. The van der Waals surface area contributed by atoms with Crippen molar-refractivity contribution in [2.75, 3.05) is 13.7 Å². The van der Waals surface area contributed by atoms with Crippen LogP contribution in [0.25, 0.3) is 0 Å². The van der Waals surface area contributed by atoms with Gasteiger partial charge in [0.15, 0.2) is 11.5 Å². The Kier molecular flexibility index (Phi) is 4.35. The molecule has 2 atom stereocenters. The number of fused-ring (bicyclic) bond motifs is 1. The highest BCUT2D eigenvalue weighted by Crippen LogP contribution is 2.43. The Morgan fingerprint density at radius 2 is 1.96 bits per heavy atom. The first-order valence-electron chi connectivity index (χ1n) is 8.00. The van der Waals surface area contributed by atoms with Crippen LogP contribution in [-0.2, 0) is 4.79 Å². The van der Waals surface area contributed by atoms with Gasteiger partial charge in [0, 0.05) is 12.6 Å². The minimum absolute atomic E-state index is 0.0253. The molecule has 2 aromatic rings. The number of carbonyl (C=O) groups excluding carboxylic acids is 1. The van der Waals surface area contributed by atoms with Crippen LogP contribution in [0.5, 0.6) is 11.5 Å². The lowest BCUT2D eigenvalue weighted by Crippen LogP contribution is -2.42. The smallest absolute Gasteiger partial charge is 0.313 e. The zero-order valence-electron chi connectivity index (χ0n) is 14.0. The van der Waals surface area contributed by atoms with Crippen molar-refractivity contribution in [1.82, 2.24) is 4.90 Å². The van der Waals surface area contributed by atoms with Crippen molar-refractivity contribution in [3.8, 4) is 11.5 Å². The molecule has 0 fully saturated rings. The topological polar surface area (TPSA) is 87.1 Å². The van der Waals surface area contributed by atoms with Crippen LogP contribution in [0, 0.1) is 0 Å². The predicted molar refractivity (Wildman–Crippen MR) is 90.9 cm³/mol. The van der Waals surface area contributed by atoms with Crippen LogP contribution in [0.3, 0.4) is 0 Å². The maximum Gasteiger partial charge on any atom is 0.313 e. The molecular weight excluding hydrogens is 322 g/mol. The molecule has 0 radical (unpaired) electrons. The molecule has 1 aliphatic rings. The molecule has 0 spiro atoms. The molecule has 2 aromatic carbocycles. The third-order valence-electron chi connectivity index (χ3n) is 4.47. The van der Waals surface area contributed by atoms with Gasteiger partial charge in [-0.1, -0.05) is 24.3 Å². The monoisotopic (exact) mass is 341 g/mol. The van der Waals surface area contributed by atoms with E-state index in [9.17, 15) is 19.8 Å². The fourth-order valence-electron chi connectivity index (χ4n) is 3.34. The van der Waals surface area contributed by atoms with Crippen LogP contribution in [0.15, 0.2) is 42.5 Å². The third kappa shape index (κ3) is 2.80. The van der Waals surface area contributed by atoms with Gasteiger partial charge >= 0.3 is 5.97 Å². The zero-order chi connectivity index (χ0) is 18.1. The van der Waals surface area contributed by atoms with Gasteiger partial charge in [-0.2, -0.15) is 0 Å². The number of carboxylic acid groups (broad SMARTS) is 1. The van der Waals surface area contributed by atoms with Gasteiger partial charge in [0.05, 0.1) is 12.6 Å². The summed E-state index contributed by atoms with van der Waals surface area (Å²) in [5.74, 6) is -1.91. The summed E-state index contributed by atoms with van der Waals surface area (Å²) in [6, 6.07) is 10.7. The summed E-state index contributed by atoms with van der Waals surface area (Å²) >= 11 is 0. The van der Waals surface area contributed by atoms with E-state index in [2.05, 4.69) is 0 Å². The molecular formula is C19H19NO5. The number of carbonyl (C=O) groups is 2. The van der Waals surface area contributed by atoms with Gasteiger partial charge < -0.3 is 19.8 Å². The average molecular weight is 341 g/mol. The van der Waals surface area contributed by atoms with Crippen LogP contribution < -0.4 is 4.74 Å². The van der Waals surface area contributed by atoms with Crippen molar-refractivity contribution in [2.45, 2.75) is 18.9 Å². The molecule has 1 aliphatic heterocycles. The van der Waals surface area contributed by atoms with E-state index in [1.165, 1.54) is 11.0 Å². The number of phenolic OH excluding ortho intramolecular Hbond substituents is 1. The highest BCUT2D eigenvalue weighted by molar-refractivity contribution is 6.00. The number of phenols is 1. The van der Waals surface area contributed by atoms with Gasteiger partial charge in [-0.15, -0.1) is 0 Å². The summed E-state index contributed by atoms with van der Waals surface area (Å²) in [7, 11) is 1.59. The molecule has 2 N–H and O–H groups in total. The van der Waals surface area contributed by atoms with Crippen molar-refractivity contribution in [1.29, 1.82) is 0 Å². The summed E-state index contributed by atoms with van der Waals surface area (Å²) in [6.45, 7) is 2.15. The van der Waals surface area contributed by atoms with E-state index in [1.807, 2.05) is 0 Å². The number of carboxylic acids is 1. The summed E-state index contributed by atoms with van der Waals surface area (Å²) in [5, 5.41) is 19.7. The SMILES string of the molecule is CCOc1cc([C@@H]2[C@H](C(=O)O)c3ccccc3C(=O)N2C)ccc1O. The summed E-state index contributed by atoms with van der Waals surface area (Å²) in [5.41, 5.74) is 1.49. The number of hydrogen-bond acceptors (Lipinski definition) is 4. The molecule has 0 bridgehead atoms. The average Bonchev–Trinajstić information content (AvgIpc) is 2.60. The Labute approximate surface area is 145 Å². The fraction of sp³-hybridized carbons (Fsp3) is 0.263. The van der Waals surface area contributed by atoms with Crippen LogP contribution in [0.1, 0.15) is 40.4 Å². The highest BCUT2D eigenvalue weighted by atomic mass is 16.5. The molecule has 6 nitrogen and oxygen atoms in total. The minimum Gasteiger partial charge on any atom is -0.504 e. The van der Waals surface area contributed by atoms with E-state index in [1.54, 1.807) is 50.4 Å². The van der Waals surface area contributed by atoms with E-state index >= 15 is 0 Å². The fourth-order valence-corrected chi connectivity index (χ4v) is 3.34. The molecule has 0 aliphatic carbocycles. The van der Waals surface area contributed by atoms with Crippen LogP contribution in [0.2, 0.25) is 0 Å². The Balaban J connectivity index is 2.16. The van der Waals surface area contributed by atoms with E-state index < -0.39 is 17.9 Å². The predicted octanol–water partition coefficient (Wildman–Crippen LogP) is 2.79. The summed E-state index contributed by atoms with van der Waals surface area (Å²) in [4.78, 5) is 26.1. The molecule has 6 heteroatoms. The maximum absolute atomic E-state index is 12.7. The third-order valence-corrected chi connectivity index (χ3v) is 4.47. The molecule has 3 rings (SSSR count). The first kappa shape index (κ1) is 16.8. The first-order chi connectivity index (χ1) is 12.0. The molecule has 130 valence electrons. The lowest BCUT2D eigenvalue weighted by atomic mass is 9.80. The number of benzene rings is 2. The van der Waals surface area contributed by atoms with Crippen molar-refractivity contribution in [3.05, 3.63) is 59.2 Å². The first-order valence-corrected chi connectivity index (χ1v) is 8.00. The van der Waals surface area contributed by atoms with Gasteiger partial charge in [0.1, 0.15) is 5.92 Å².